The molecule has 1 aromatic heterocycles. The minimum Gasteiger partial charge on any atom is -1.00 e. The second kappa shape index (κ2) is 5.87. The number of rotatable bonds is 3. The van der Waals surface area contributed by atoms with Crippen LogP contribution in [0.25, 0.3) is 0 Å². The molecule has 0 atom stereocenters. The number of carboxylic acids is 1. The molecule has 0 amide bonds. The van der Waals surface area contributed by atoms with Crippen molar-refractivity contribution in [2.45, 2.75) is 0 Å². The van der Waals surface area contributed by atoms with Crippen LogP contribution < -0.4 is 23.6 Å². The third-order valence-electron chi connectivity index (χ3n) is 1.06. The van der Waals surface area contributed by atoms with Gasteiger partial charge in [-0.05, 0) is 6.07 Å². The summed E-state index contributed by atoms with van der Waals surface area (Å²) in [6, 6.07) is 2.99. The first-order valence-corrected chi connectivity index (χ1v) is 3.52. The SMILES string of the molecule is O=C(O)COc1ccnc(Cl)c1.[H-].[Li+]. The molecule has 0 aliphatic carbocycles. The summed E-state index contributed by atoms with van der Waals surface area (Å²) < 4.78 is 4.82. The molecule has 1 heterocycles. The third kappa shape index (κ3) is 4.79. The van der Waals surface area contributed by atoms with Crippen molar-refractivity contribution in [2.75, 3.05) is 6.61 Å². The smallest absolute Gasteiger partial charge is 1.00 e. The van der Waals surface area contributed by atoms with Crippen molar-refractivity contribution in [3.63, 3.8) is 0 Å². The number of carbonyl (C=O) groups is 1. The molecule has 1 N–H and O–H groups in total. The van der Waals surface area contributed by atoms with E-state index in [0.29, 0.717) is 5.75 Å². The van der Waals surface area contributed by atoms with E-state index >= 15 is 0 Å². The van der Waals surface area contributed by atoms with E-state index < -0.39 is 5.97 Å². The summed E-state index contributed by atoms with van der Waals surface area (Å²) in [4.78, 5) is 13.8. The zero-order valence-corrected chi connectivity index (χ0v) is 7.78. The van der Waals surface area contributed by atoms with Crippen LogP contribution in [0.1, 0.15) is 1.43 Å². The molecule has 0 aliphatic heterocycles. The Labute approximate surface area is 93.5 Å². The molecular weight excluding hydrogens is 188 g/mol. The molecule has 6 heteroatoms. The summed E-state index contributed by atoms with van der Waals surface area (Å²) in [5, 5.41) is 8.55. The second-order valence-electron chi connectivity index (χ2n) is 2.00. The number of hydrogen-bond donors (Lipinski definition) is 1. The minimum atomic E-state index is -1.03. The first-order chi connectivity index (χ1) is 5.68. The number of aromatic nitrogens is 1. The maximum absolute atomic E-state index is 10.1. The van der Waals surface area contributed by atoms with Crippen LogP contribution in [0.5, 0.6) is 5.75 Å². The van der Waals surface area contributed by atoms with Crippen LogP contribution in [0.15, 0.2) is 18.3 Å². The van der Waals surface area contributed by atoms with Crippen LogP contribution in [-0.2, 0) is 4.79 Å². The second-order valence-corrected chi connectivity index (χ2v) is 2.38. The van der Waals surface area contributed by atoms with Gasteiger partial charge in [0.15, 0.2) is 6.61 Å². The molecule has 4 nitrogen and oxygen atoms in total. The number of nitrogens with zero attached hydrogens (tertiary/aromatic N) is 1. The van der Waals surface area contributed by atoms with Crippen LogP contribution in [-0.4, -0.2) is 22.7 Å². The number of ether oxygens (including phenoxy) is 1. The molecule has 0 spiro atoms. The van der Waals surface area contributed by atoms with Crippen molar-refractivity contribution in [2.24, 2.45) is 0 Å². The van der Waals surface area contributed by atoms with E-state index in [2.05, 4.69) is 4.98 Å². The zero-order chi connectivity index (χ0) is 8.97. The molecule has 0 aromatic carbocycles. The van der Waals surface area contributed by atoms with Crippen LogP contribution in [0.4, 0.5) is 0 Å². The molecule has 0 saturated heterocycles. The molecule has 0 radical (unpaired) electrons. The maximum atomic E-state index is 10.1. The molecular formula is C7H7ClLiNO3. The Hall–Kier alpha value is -0.693. The number of aliphatic carboxylic acids is 1. The average molecular weight is 196 g/mol. The summed E-state index contributed by atoms with van der Waals surface area (Å²) in [6.07, 6.45) is 1.44. The molecule has 0 aliphatic rings. The molecule has 1 rings (SSSR count). The van der Waals surface area contributed by atoms with E-state index in [-0.39, 0.29) is 32.0 Å². The Bertz CT molecular complexity index is 300. The van der Waals surface area contributed by atoms with Gasteiger partial charge in [0, 0.05) is 12.3 Å². The standard InChI is InChI=1S/C7H6ClNO3.Li.H/c8-6-3-5(1-2-9-6)12-4-7(10)11;;/h1-3H,4H2,(H,10,11);;/q;+1;-1. The summed E-state index contributed by atoms with van der Waals surface area (Å²) in [5.74, 6) is -0.625. The molecule has 0 bridgehead atoms. The van der Waals surface area contributed by atoms with Crippen molar-refractivity contribution >= 4 is 17.6 Å². The van der Waals surface area contributed by atoms with Gasteiger partial charge in [-0.3, -0.25) is 0 Å². The third-order valence-corrected chi connectivity index (χ3v) is 1.27. The van der Waals surface area contributed by atoms with Gasteiger partial charge >= 0.3 is 24.8 Å². The molecule has 0 saturated carbocycles. The summed E-state index contributed by atoms with van der Waals surface area (Å²) in [5.41, 5.74) is 0. The fourth-order valence-electron chi connectivity index (χ4n) is 0.620. The van der Waals surface area contributed by atoms with E-state index in [9.17, 15) is 4.79 Å². The Morgan fingerprint density at radius 1 is 1.77 bits per heavy atom. The Balaban J connectivity index is 0. The van der Waals surface area contributed by atoms with Gasteiger partial charge in [-0.25, -0.2) is 9.78 Å². The quantitative estimate of drug-likeness (QED) is 0.462. The van der Waals surface area contributed by atoms with Crippen molar-refractivity contribution in [1.29, 1.82) is 0 Å². The first-order valence-electron chi connectivity index (χ1n) is 3.14. The van der Waals surface area contributed by atoms with Crippen LogP contribution in [0.3, 0.4) is 0 Å². The normalized spacial score (nSPS) is 8.69. The molecule has 0 fully saturated rings. The van der Waals surface area contributed by atoms with Crippen molar-refractivity contribution < 1.29 is 34.9 Å². The monoisotopic (exact) mass is 195 g/mol. The fraction of sp³-hybridized carbons (Fsp3) is 0.143. The number of carboxylic acid groups (broad SMARTS) is 1. The Kier molecular flexibility index (Phi) is 5.56. The van der Waals surface area contributed by atoms with Gasteiger partial charge in [-0.15, -0.1) is 0 Å². The number of halogens is 1. The first kappa shape index (κ1) is 12.3. The van der Waals surface area contributed by atoms with Gasteiger partial charge in [-0.2, -0.15) is 0 Å². The Morgan fingerprint density at radius 3 is 3.00 bits per heavy atom. The predicted molar refractivity (Wildman–Crippen MR) is 43.5 cm³/mol. The summed E-state index contributed by atoms with van der Waals surface area (Å²) in [7, 11) is 0. The van der Waals surface area contributed by atoms with E-state index in [4.69, 9.17) is 21.4 Å². The van der Waals surface area contributed by atoms with E-state index in [1.54, 1.807) is 0 Å². The van der Waals surface area contributed by atoms with Gasteiger partial charge < -0.3 is 11.3 Å². The zero-order valence-electron chi connectivity index (χ0n) is 8.03. The van der Waals surface area contributed by atoms with Gasteiger partial charge in [-0.1, -0.05) is 11.6 Å². The van der Waals surface area contributed by atoms with Gasteiger partial charge in [0.25, 0.3) is 0 Å². The van der Waals surface area contributed by atoms with Gasteiger partial charge in [0.05, 0.1) is 0 Å². The molecule has 13 heavy (non-hydrogen) atoms. The Morgan fingerprint density at radius 2 is 2.46 bits per heavy atom. The van der Waals surface area contributed by atoms with Crippen molar-refractivity contribution in [3.05, 3.63) is 23.5 Å². The topological polar surface area (TPSA) is 59.4 Å². The largest absolute Gasteiger partial charge is 1.00 e. The van der Waals surface area contributed by atoms with Gasteiger partial charge in [0.1, 0.15) is 10.9 Å². The summed E-state index contributed by atoms with van der Waals surface area (Å²) in [6.45, 7) is -0.375. The molecule has 66 valence electrons. The predicted octanol–water partition coefficient (Wildman–Crippen LogP) is -1.69. The summed E-state index contributed by atoms with van der Waals surface area (Å²) >= 11 is 5.52. The van der Waals surface area contributed by atoms with Crippen molar-refractivity contribution in [1.82, 2.24) is 4.98 Å². The van der Waals surface area contributed by atoms with E-state index in [1.807, 2.05) is 0 Å². The van der Waals surface area contributed by atoms with E-state index in [0.717, 1.165) is 0 Å². The maximum Gasteiger partial charge on any atom is 1.00 e. The molecule has 0 unspecified atom stereocenters. The van der Waals surface area contributed by atoms with Crippen LogP contribution >= 0.6 is 11.6 Å². The fourth-order valence-corrected chi connectivity index (χ4v) is 0.783. The minimum absolute atomic E-state index is 0. The average Bonchev–Trinajstić information content (AvgIpc) is 2.01. The number of hydrogen-bond acceptors (Lipinski definition) is 3. The number of pyridine rings is 1. The van der Waals surface area contributed by atoms with Crippen LogP contribution in [0.2, 0.25) is 5.15 Å². The van der Waals surface area contributed by atoms with Crippen molar-refractivity contribution in [3.8, 4) is 5.75 Å². The molecule has 1 aromatic rings. The van der Waals surface area contributed by atoms with Crippen LogP contribution in [0, 0.1) is 0 Å². The van der Waals surface area contributed by atoms with E-state index in [1.165, 1.54) is 18.3 Å². The van der Waals surface area contributed by atoms with Gasteiger partial charge in [0.2, 0.25) is 0 Å².